The maximum atomic E-state index is 12.3. The number of primary amides is 1. The van der Waals surface area contributed by atoms with E-state index in [1.54, 1.807) is 29.2 Å². The molecule has 6 heteroatoms. The average molecular weight is 263 g/mol. The third kappa shape index (κ3) is 3.03. The molecule has 3 amide bonds. The zero-order chi connectivity index (χ0) is 13.8. The largest absolute Gasteiger partial charge is 0.394 e. The van der Waals surface area contributed by atoms with E-state index < -0.39 is 6.03 Å². The van der Waals surface area contributed by atoms with Gasteiger partial charge in [-0.15, -0.1) is 0 Å². The summed E-state index contributed by atoms with van der Waals surface area (Å²) < 4.78 is 0. The van der Waals surface area contributed by atoms with Gasteiger partial charge in [0.05, 0.1) is 12.6 Å². The summed E-state index contributed by atoms with van der Waals surface area (Å²) in [6.45, 7) is 0.665. The van der Waals surface area contributed by atoms with Crippen LogP contribution in [0, 0.1) is 0 Å². The van der Waals surface area contributed by atoms with E-state index in [0.29, 0.717) is 17.8 Å². The van der Waals surface area contributed by atoms with E-state index in [1.165, 1.54) is 0 Å². The molecule has 0 unspecified atom stereocenters. The normalized spacial score (nSPS) is 18.4. The smallest absolute Gasteiger partial charge is 0.316 e. The molecular weight excluding hydrogens is 246 g/mol. The summed E-state index contributed by atoms with van der Waals surface area (Å²) in [6.07, 6.45) is 1.75. The average Bonchev–Trinajstić information content (AvgIpc) is 2.86. The van der Waals surface area contributed by atoms with Crippen molar-refractivity contribution in [3.8, 4) is 0 Å². The molecule has 6 nitrogen and oxygen atoms in total. The number of urea groups is 1. The molecular formula is C13H17N3O3. The topological polar surface area (TPSA) is 95.7 Å². The summed E-state index contributed by atoms with van der Waals surface area (Å²) >= 11 is 0. The molecule has 2 rings (SSSR count). The van der Waals surface area contributed by atoms with Crippen molar-refractivity contribution < 1.29 is 14.7 Å². The first-order chi connectivity index (χ1) is 9.11. The van der Waals surface area contributed by atoms with Crippen LogP contribution in [0.2, 0.25) is 0 Å². The van der Waals surface area contributed by atoms with E-state index >= 15 is 0 Å². The van der Waals surface area contributed by atoms with Gasteiger partial charge in [-0.2, -0.15) is 0 Å². The van der Waals surface area contributed by atoms with Crippen LogP contribution in [0.15, 0.2) is 24.3 Å². The number of aliphatic hydroxyl groups excluding tert-OH is 1. The Morgan fingerprint density at radius 3 is 2.63 bits per heavy atom. The Morgan fingerprint density at radius 1 is 1.37 bits per heavy atom. The molecule has 4 N–H and O–H groups in total. The fraction of sp³-hybridized carbons (Fsp3) is 0.385. The van der Waals surface area contributed by atoms with Crippen molar-refractivity contribution >= 4 is 17.6 Å². The third-order valence-corrected chi connectivity index (χ3v) is 3.25. The molecule has 1 aliphatic rings. The van der Waals surface area contributed by atoms with Crippen LogP contribution < -0.4 is 11.1 Å². The lowest BCUT2D eigenvalue weighted by Crippen LogP contribution is -2.37. The Hall–Kier alpha value is -2.08. The second-order valence-corrected chi connectivity index (χ2v) is 4.54. The van der Waals surface area contributed by atoms with Crippen molar-refractivity contribution in [3.05, 3.63) is 29.8 Å². The zero-order valence-electron chi connectivity index (χ0n) is 10.5. The zero-order valence-corrected chi connectivity index (χ0v) is 10.5. The van der Waals surface area contributed by atoms with Gasteiger partial charge in [-0.3, -0.25) is 4.79 Å². The number of carbonyl (C=O) groups is 2. The lowest BCUT2D eigenvalue weighted by atomic mass is 10.1. The number of hydrogen-bond acceptors (Lipinski definition) is 3. The molecule has 102 valence electrons. The molecule has 1 atom stereocenters. The molecule has 19 heavy (non-hydrogen) atoms. The molecule has 1 saturated heterocycles. The standard InChI is InChI=1S/C13H17N3O3/c14-13(19)15-10-5-3-9(4-6-10)12(18)16-7-1-2-11(16)8-17/h3-6,11,17H,1-2,7-8H2,(H3,14,15,19)/t11-/m1/s1. The second kappa shape index (κ2) is 5.71. The summed E-state index contributed by atoms with van der Waals surface area (Å²) in [5.74, 6) is -0.0952. The lowest BCUT2D eigenvalue weighted by molar-refractivity contribution is 0.0677. The first-order valence-corrected chi connectivity index (χ1v) is 6.20. The minimum absolute atomic E-state index is 0.00689. The third-order valence-electron chi connectivity index (χ3n) is 3.25. The van der Waals surface area contributed by atoms with Crippen LogP contribution in [0.25, 0.3) is 0 Å². The van der Waals surface area contributed by atoms with Gasteiger partial charge in [0.1, 0.15) is 0 Å². The van der Waals surface area contributed by atoms with Crippen molar-refractivity contribution in [1.82, 2.24) is 4.90 Å². The van der Waals surface area contributed by atoms with Crippen LogP contribution in [0.4, 0.5) is 10.5 Å². The van der Waals surface area contributed by atoms with Crippen molar-refractivity contribution in [2.24, 2.45) is 5.73 Å². The maximum absolute atomic E-state index is 12.3. The molecule has 1 aromatic carbocycles. The van der Waals surface area contributed by atoms with Gasteiger partial charge in [0.2, 0.25) is 0 Å². The molecule has 0 spiro atoms. The van der Waals surface area contributed by atoms with Gasteiger partial charge < -0.3 is 21.1 Å². The van der Waals surface area contributed by atoms with Crippen molar-refractivity contribution in [2.45, 2.75) is 18.9 Å². The molecule has 0 saturated carbocycles. The number of carbonyl (C=O) groups excluding carboxylic acids is 2. The summed E-state index contributed by atoms with van der Waals surface area (Å²) in [5, 5.41) is 11.7. The Kier molecular flexibility index (Phi) is 4.01. The summed E-state index contributed by atoms with van der Waals surface area (Å²) in [7, 11) is 0. The highest BCUT2D eigenvalue weighted by Crippen LogP contribution is 2.20. The van der Waals surface area contributed by atoms with Gasteiger partial charge in [0, 0.05) is 17.8 Å². The summed E-state index contributed by atoms with van der Waals surface area (Å²) in [4.78, 5) is 24.6. The number of benzene rings is 1. The minimum Gasteiger partial charge on any atom is -0.394 e. The summed E-state index contributed by atoms with van der Waals surface area (Å²) in [5.41, 5.74) is 6.09. The number of nitrogens with one attached hydrogen (secondary N) is 1. The van der Waals surface area contributed by atoms with E-state index in [9.17, 15) is 14.7 Å². The van der Waals surface area contributed by atoms with Crippen LogP contribution in [-0.2, 0) is 0 Å². The fourth-order valence-electron chi connectivity index (χ4n) is 2.30. The van der Waals surface area contributed by atoms with Gasteiger partial charge in [-0.25, -0.2) is 4.79 Å². The Balaban J connectivity index is 2.09. The molecule has 1 fully saturated rings. The minimum atomic E-state index is -0.640. The van der Waals surface area contributed by atoms with Gasteiger partial charge >= 0.3 is 6.03 Å². The van der Waals surface area contributed by atoms with Crippen LogP contribution in [-0.4, -0.2) is 41.1 Å². The number of aliphatic hydroxyl groups is 1. The number of anilines is 1. The molecule has 1 aliphatic heterocycles. The van der Waals surface area contributed by atoms with Crippen LogP contribution >= 0.6 is 0 Å². The van der Waals surface area contributed by atoms with E-state index in [2.05, 4.69) is 5.32 Å². The summed E-state index contributed by atoms with van der Waals surface area (Å²) in [6, 6.07) is 5.81. The predicted octanol–water partition coefficient (Wildman–Crippen LogP) is 0.774. The number of rotatable bonds is 3. The number of likely N-dealkylation sites (tertiary alicyclic amines) is 1. The first-order valence-electron chi connectivity index (χ1n) is 6.20. The number of nitrogens with two attached hydrogens (primary N) is 1. The quantitative estimate of drug-likeness (QED) is 0.751. The molecule has 0 aromatic heterocycles. The maximum Gasteiger partial charge on any atom is 0.316 e. The highest BCUT2D eigenvalue weighted by Gasteiger charge is 2.28. The number of amides is 3. The molecule has 1 aromatic rings. The molecule has 1 heterocycles. The lowest BCUT2D eigenvalue weighted by Gasteiger charge is -2.23. The molecule has 0 radical (unpaired) electrons. The van der Waals surface area contributed by atoms with Crippen molar-refractivity contribution in [3.63, 3.8) is 0 Å². The fourth-order valence-corrected chi connectivity index (χ4v) is 2.30. The first kappa shape index (κ1) is 13.4. The van der Waals surface area contributed by atoms with Gasteiger partial charge in [-0.05, 0) is 37.1 Å². The van der Waals surface area contributed by atoms with E-state index in [0.717, 1.165) is 12.8 Å². The number of nitrogens with zero attached hydrogens (tertiary/aromatic N) is 1. The second-order valence-electron chi connectivity index (χ2n) is 4.54. The van der Waals surface area contributed by atoms with E-state index in [-0.39, 0.29) is 18.6 Å². The van der Waals surface area contributed by atoms with Gasteiger partial charge in [0.15, 0.2) is 0 Å². The predicted molar refractivity (Wildman–Crippen MR) is 70.8 cm³/mol. The van der Waals surface area contributed by atoms with E-state index in [1.807, 2.05) is 0 Å². The highest BCUT2D eigenvalue weighted by molar-refractivity contribution is 5.95. The van der Waals surface area contributed by atoms with Crippen molar-refractivity contribution in [1.29, 1.82) is 0 Å². The molecule has 0 bridgehead atoms. The van der Waals surface area contributed by atoms with Gasteiger partial charge in [0.25, 0.3) is 5.91 Å². The monoisotopic (exact) mass is 263 g/mol. The van der Waals surface area contributed by atoms with E-state index in [4.69, 9.17) is 5.73 Å². The van der Waals surface area contributed by atoms with Crippen molar-refractivity contribution in [2.75, 3.05) is 18.5 Å². The Bertz CT molecular complexity index is 473. The Labute approximate surface area is 111 Å². The van der Waals surface area contributed by atoms with Crippen LogP contribution in [0.5, 0.6) is 0 Å². The van der Waals surface area contributed by atoms with Crippen LogP contribution in [0.3, 0.4) is 0 Å². The van der Waals surface area contributed by atoms with Crippen LogP contribution in [0.1, 0.15) is 23.2 Å². The SMILES string of the molecule is NC(=O)Nc1ccc(C(=O)N2CCC[C@@H]2CO)cc1. The number of hydrogen-bond donors (Lipinski definition) is 3. The molecule has 0 aliphatic carbocycles. The highest BCUT2D eigenvalue weighted by atomic mass is 16.3. The van der Waals surface area contributed by atoms with Gasteiger partial charge in [-0.1, -0.05) is 0 Å². The Morgan fingerprint density at radius 2 is 2.05 bits per heavy atom.